The van der Waals surface area contributed by atoms with E-state index >= 15 is 0 Å². The summed E-state index contributed by atoms with van der Waals surface area (Å²) in [4.78, 5) is -2.45. The Morgan fingerprint density at radius 2 is 1.21 bits per heavy atom. The molecule has 23 heteroatoms. The molecule has 0 saturated carbocycles. The molecule has 0 unspecified atom stereocenters. The van der Waals surface area contributed by atoms with Gasteiger partial charge in [-0.25, -0.2) is 13.2 Å². The van der Waals surface area contributed by atoms with Crippen LogP contribution in [0, 0.1) is 40.1 Å². The first-order valence-corrected chi connectivity index (χ1v) is 18.1. The number of anilines is 2. The lowest BCUT2D eigenvalue weighted by molar-refractivity contribution is 0.472. The summed E-state index contributed by atoms with van der Waals surface area (Å²) in [5, 5.41) is 46.0. The third-order valence-electron chi connectivity index (χ3n) is 7.04. The molecule has 0 aliphatic heterocycles. The van der Waals surface area contributed by atoms with Gasteiger partial charge in [0.2, 0.25) is 0 Å². The van der Waals surface area contributed by atoms with E-state index in [1.54, 1.807) is 0 Å². The molecule has 0 heterocycles. The Hall–Kier alpha value is -6.34. The average molecular weight is 788 g/mol. The van der Waals surface area contributed by atoms with Gasteiger partial charge in [0, 0.05) is 11.1 Å². The first kappa shape index (κ1) is 37.9. The van der Waals surface area contributed by atoms with Crippen molar-refractivity contribution < 1.29 is 57.2 Å². The molecule has 270 valence electrons. The van der Waals surface area contributed by atoms with Crippen molar-refractivity contribution in [2.45, 2.75) is 14.7 Å². The maximum Gasteiger partial charge on any atom is 0.296 e. The Kier molecular flexibility index (Phi) is 10.0. The number of hydrogen-bond donors (Lipinski definition) is 5. The third-order valence-corrected chi connectivity index (χ3v) is 9.65. The summed E-state index contributed by atoms with van der Waals surface area (Å²) in [5.41, 5.74) is -5.29. The van der Waals surface area contributed by atoms with Crippen LogP contribution in [-0.4, -0.2) is 44.0 Å². The van der Waals surface area contributed by atoms with Gasteiger partial charge in [-0.1, -0.05) is 0 Å². The van der Waals surface area contributed by atoms with E-state index in [0.29, 0.717) is 0 Å². The fourth-order valence-corrected chi connectivity index (χ4v) is 6.39. The normalized spacial score (nSPS) is 12.3. The Labute approximate surface area is 295 Å². The van der Waals surface area contributed by atoms with E-state index in [2.05, 4.69) is 25.8 Å². The maximum absolute atomic E-state index is 14.9. The highest BCUT2D eigenvalue weighted by molar-refractivity contribution is 7.86. The van der Waals surface area contributed by atoms with Gasteiger partial charge in [-0.2, -0.15) is 46.0 Å². The van der Waals surface area contributed by atoms with Gasteiger partial charge in [-0.05, 0) is 72.1 Å². The molecule has 17 nitrogen and oxygen atoms in total. The second-order valence-electron chi connectivity index (χ2n) is 10.4. The first-order chi connectivity index (χ1) is 24.7. The van der Waals surface area contributed by atoms with Crippen molar-refractivity contribution in [2.75, 3.05) is 5.32 Å². The van der Waals surface area contributed by atoms with Crippen molar-refractivity contribution >= 4 is 75.3 Å². The summed E-state index contributed by atoms with van der Waals surface area (Å²) >= 11 is 0. The van der Waals surface area contributed by atoms with Crippen molar-refractivity contribution in [3.05, 3.63) is 95.3 Å². The van der Waals surface area contributed by atoms with Crippen molar-refractivity contribution in [3.8, 4) is 17.9 Å². The van der Waals surface area contributed by atoms with Gasteiger partial charge in [0.15, 0.2) is 23.2 Å². The van der Waals surface area contributed by atoms with Gasteiger partial charge in [0.1, 0.15) is 44.4 Å². The smallest absolute Gasteiger partial charge is 0.296 e. The highest BCUT2D eigenvalue weighted by Crippen LogP contribution is 2.43. The minimum atomic E-state index is -5.26. The number of fused-ring (bicyclic) bond motifs is 1. The third kappa shape index (κ3) is 7.80. The first-order valence-electron chi connectivity index (χ1n) is 13.8. The number of halogens is 3. The van der Waals surface area contributed by atoms with Crippen LogP contribution in [0.1, 0.15) is 11.1 Å². The number of phenolic OH excluding ortho intramolecular Hbond substituents is 1. The number of aromatic hydroxyl groups is 1. The molecule has 0 aromatic heterocycles. The summed E-state index contributed by atoms with van der Waals surface area (Å²) < 4.78 is 144. The summed E-state index contributed by atoms with van der Waals surface area (Å²) in [6.07, 6.45) is 0. The standard InChI is InChI=1S/C30H16F3N7O10S3/c31-25-20(12-34)27(33)28(21(13-35)26(25)32)36-16-3-7-19-14(9-16)10-24(53(48,49)50)29(30(19)41)40-39-22-8-4-17(11-23(22)52(45,46)47)38-37-15-1-5-18(6-2-15)51(42,43)44/h1-11,36,41H,(H,42,43,44)(H,45,46,47)(H,48,49,50). The van der Waals surface area contributed by atoms with Crippen molar-refractivity contribution in [1.29, 1.82) is 10.5 Å². The van der Waals surface area contributed by atoms with E-state index in [-0.39, 0.29) is 27.8 Å². The number of azo groups is 2. The van der Waals surface area contributed by atoms with Gasteiger partial charge >= 0.3 is 0 Å². The molecule has 0 saturated heterocycles. The minimum Gasteiger partial charge on any atom is -0.505 e. The lowest BCUT2D eigenvalue weighted by Crippen LogP contribution is -2.06. The molecule has 5 N–H and O–H groups in total. The predicted molar refractivity (Wildman–Crippen MR) is 175 cm³/mol. The molecule has 0 aliphatic carbocycles. The fraction of sp³-hybridized carbons (Fsp3) is 0. The maximum atomic E-state index is 14.9. The number of rotatable bonds is 9. The van der Waals surface area contributed by atoms with E-state index < -0.39 is 96.4 Å². The van der Waals surface area contributed by atoms with Crippen LogP contribution in [0.25, 0.3) is 10.8 Å². The van der Waals surface area contributed by atoms with Gasteiger partial charge in [0.25, 0.3) is 30.4 Å². The lowest BCUT2D eigenvalue weighted by Gasteiger charge is -2.14. The molecule has 0 fully saturated rings. The van der Waals surface area contributed by atoms with Crippen molar-refractivity contribution in [3.63, 3.8) is 0 Å². The van der Waals surface area contributed by atoms with Crippen molar-refractivity contribution in [2.24, 2.45) is 20.5 Å². The Balaban J connectivity index is 1.55. The number of hydrogen-bond acceptors (Lipinski definition) is 14. The number of nitrogens with zero attached hydrogens (tertiary/aromatic N) is 6. The lowest BCUT2D eigenvalue weighted by atomic mass is 10.1. The van der Waals surface area contributed by atoms with Crippen LogP contribution in [0.4, 0.5) is 47.3 Å². The zero-order valence-corrected chi connectivity index (χ0v) is 28.1. The molecule has 0 aliphatic rings. The van der Waals surface area contributed by atoms with E-state index in [1.807, 2.05) is 0 Å². The Morgan fingerprint density at radius 3 is 1.79 bits per heavy atom. The van der Waals surface area contributed by atoms with Gasteiger partial charge in [0.05, 0.1) is 22.0 Å². The monoisotopic (exact) mass is 787 g/mol. The number of phenols is 1. The molecule has 0 bridgehead atoms. The quantitative estimate of drug-likeness (QED) is 0.0570. The topological polar surface area (TPSA) is 292 Å². The van der Waals surface area contributed by atoms with Crippen LogP contribution in [0.15, 0.2) is 102 Å². The van der Waals surface area contributed by atoms with E-state index in [1.165, 1.54) is 18.2 Å². The van der Waals surface area contributed by atoms with Gasteiger partial charge < -0.3 is 10.4 Å². The highest BCUT2D eigenvalue weighted by Gasteiger charge is 2.27. The largest absolute Gasteiger partial charge is 0.505 e. The second-order valence-corrected chi connectivity index (χ2v) is 14.6. The van der Waals surface area contributed by atoms with Crippen LogP contribution in [0.2, 0.25) is 0 Å². The molecular weight excluding hydrogens is 772 g/mol. The molecule has 5 aromatic rings. The minimum absolute atomic E-state index is 0.0681. The fourth-order valence-electron chi connectivity index (χ4n) is 4.61. The molecule has 0 radical (unpaired) electrons. The van der Waals surface area contributed by atoms with Crippen LogP contribution >= 0.6 is 0 Å². The zero-order chi connectivity index (χ0) is 39.0. The van der Waals surface area contributed by atoms with E-state index in [0.717, 1.165) is 60.7 Å². The Morgan fingerprint density at radius 1 is 0.623 bits per heavy atom. The van der Waals surface area contributed by atoms with Crippen LogP contribution in [-0.2, 0) is 30.4 Å². The van der Waals surface area contributed by atoms with Gasteiger partial charge in [-0.3, -0.25) is 13.7 Å². The van der Waals surface area contributed by atoms with Crippen molar-refractivity contribution in [1.82, 2.24) is 0 Å². The average Bonchev–Trinajstić information content (AvgIpc) is 3.08. The summed E-state index contributed by atoms with van der Waals surface area (Å²) in [5.74, 6) is -6.29. The molecule has 0 amide bonds. The van der Waals surface area contributed by atoms with E-state index in [9.17, 15) is 57.9 Å². The Bertz CT molecular complexity index is 2860. The molecule has 5 rings (SSSR count). The molecule has 0 atom stereocenters. The zero-order valence-electron chi connectivity index (χ0n) is 25.6. The molecule has 5 aromatic carbocycles. The van der Waals surface area contributed by atoms with E-state index in [4.69, 9.17) is 9.81 Å². The number of nitrogens with one attached hydrogen (secondary N) is 1. The van der Waals surface area contributed by atoms with Gasteiger partial charge in [-0.15, -0.1) is 10.2 Å². The molecule has 0 spiro atoms. The summed E-state index contributed by atoms with van der Waals surface area (Å²) in [7, 11) is -14.8. The second kappa shape index (κ2) is 14.0. The van der Waals surface area contributed by atoms with Crippen LogP contribution in [0.5, 0.6) is 5.75 Å². The predicted octanol–water partition coefficient (Wildman–Crippen LogP) is 7.02. The molecule has 53 heavy (non-hydrogen) atoms. The van der Waals surface area contributed by atoms with Crippen LogP contribution in [0.3, 0.4) is 0 Å². The van der Waals surface area contributed by atoms with Crippen LogP contribution < -0.4 is 5.32 Å². The SMILES string of the molecule is N#Cc1c(F)c(F)c(C#N)c(Nc2ccc3c(O)c(N=Nc4ccc(N=Nc5ccc(S(=O)(=O)O)cc5)cc4S(=O)(=O)O)c(S(=O)(=O)O)cc3c2)c1F. The molecular formula is C30H16F3N7O10S3. The number of nitriles is 2. The number of benzene rings is 5. The summed E-state index contributed by atoms with van der Waals surface area (Å²) in [6, 6.07) is 13.6. The summed E-state index contributed by atoms with van der Waals surface area (Å²) in [6.45, 7) is 0. The highest BCUT2D eigenvalue weighted by atomic mass is 32.2.